The van der Waals surface area contributed by atoms with E-state index in [-0.39, 0.29) is 23.7 Å². The van der Waals surface area contributed by atoms with E-state index in [2.05, 4.69) is 5.16 Å². The van der Waals surface area contributed by atoms with Crippen LogP contribution in [0.15, 0.2) is 78.1 Å². The lowest BCUT2D eigenvalue weighted by Gasteiger charge is -2.15. The zero-order valence-electron chi connectivity index (χ0n) is 20.4. The number of carbonyl (C=O) groups excluding carboxylic acids is 1. The fourth-order valence-corrected chi connectivity index (χ4v) is 3.42. The molecule has 0 radical (unpaired) electrons. The van der Waals surface area contributed by atoms with Gasteiger partial charge in [-0.25, -0.2) is 9.18 Å². The van der Waals surface area contributed by atoms with E-state index >= 15 is 0 Å². The number of esters is 1. The van der Waals surface area contributed by atoms with E-state index < -0.39 is 11.8 Å². The summed E-state index contributed by atoms with van der Waals surface area (Å²) in [6.45, 7) is 0.364. The number of carbonyl (C=O) groups is 1. The Hall–Kier alpha value is -4.33. The van der Waals surface area contributed by atoms with Crippen LogP contribution in [-0.2, 0) is 32.1 Å². The van der Waals surface area contributed by atoms with Crippen molar-refractivity contribution in [2.24, 2.45) is 5.16 Å². The molecule has 188 valence electrons. The minimum absolute atomic E-state index is 0.0302. The molecule has 0 spiro atoms. The van der Waals surface area contributed by atoms with E-state index in [1.54, 1.807) is 30.3 Å². The van der Waals surface area contributed by atoms with Gasteiger partial charge in [0, 0.05) is 12.0 Å². The highest BCUT2D eigenvalue weighted by Gasteiger charge is 2.19. The van der Waals surface area contributed by atoms with Gasteiger partial charge in [-0.2, -0.15) is 0 Å². The molecule has 7 nitrogen and oxygen atoms in total. The molecular formula is C28H28FNO6. The van der Waals surface area contributed by atoms with Crippen molar-refractivity contribution in [1.29, 1.82) is 0 Å². The first-order chi connectivity index (χ1) is 17.6. The van der Waals surface area contributed by atoms with Crippen LogP contribution >= 0.6 is 0 Å². The van der Waals surface area contributed by atoms with Gasteiger partial charge in [0.15, 0.2) is 17.3 Å². The molecule has 0 aromatic heterocycles. The second kappa shape index (κ2) is 13.5. The van der Waals surface area contributed by atoms with Gasteiger partial charge in [0.25, 0.3) is 0 Å². The number of methoxy groups -OCH3 is 3. The minimum Gasteiger partial charge on any atom is -0.503 e. The molecule has 8 heteroatoms. The Morgan fingerprint density at radius 3 is 2.47 bits per heavy atom. The van der Waals surface area contributed by atoms with Crippen molar-refractivity contribution >= 4 is 17.8 Å². The monoisotopic (exact) mass is 493 g/mol. The van der Waals surface area contributed by atoms with Crippen LogP contribution in [0.25, 0.3) is 5.57 Å². The van der Waals surface area contributed by atoms with E-state index in [1.807, 2.05) is 30.3 Å². The molecule has 3 aromatic rings. The minimum atomic E-state index is -0.627. The summed E-state index contributed by atoms with van der Waals surface area (Å²) in [6.07, 6.45) is 3.41. The van der Waals surface area contributed by atoms with Gasteiger partial charge < -0.3 is 23.8 Å². The molecule has 3 aromatic carbocycles. The maximum atomic E-state index is 14.9. The summed E-state index contributed by atoms with van der Waals surface area (Å²) in [5.41, 5.74) is 2.98. The first kappa shape index (κ1) is 26.3. The fraction of sp³-hybridized carbons (Fsp3) is 0.214. The lowest BCUT2D eigenvalue weighted by atomic mass is 10.0. The third kappa shape index (κ3) is 7.09. The topological polar surface area (TPSA) is 75.6 Å². The molecule has 0 aliphatic rings. The summed E-state index contributed by atoms with van der Waals surface area (Å²) in [5.74, 6) is -1.07. The summed E-state index contributed by atoms with van der Waals surface area (Å²) < 4.78 is 35.9. The highest BCUT2D eigenvalue weighted by molar-refractivity contribution is 6.16. The van der Waals surface area contributed by atoms with E-state index in [9.17, 15) is 9.18 Å². The average Bonchev–Trinajstić information content (AvgIpc) is 2.91. The maximum Gasteiger partial charge on any atom is 0.341 e. The van der Waals surface area contributed by atoms with E-state index in [0.717, 1.165) is 5.56 Å². The Kier molecular flexibility index (Phi) is 9.88. The Morgan fingerprint density at radius 1 is 1.00 bits per heavy atom. The Bertz CT molecular complexity index is 1210. The average molecular weight is 494 g/mol. The van der Waals surface area contributed by atoms with Gasteiger partial charge in [0.2, 0.25) is 0 Å². The van der Waals surface area contributed by atoms with Crippen LogP contribution in [0.1, 0.15) is 22.3 Å². The number of rotatable bonds is 12. The SMILES string of the molecule is CO/C=C(/C(=O)OC)c1ccccc1COc1c(F)cc(/C=N/OCCc2ccccc2)cc1OC. The molecule has 0 atom stereocenters. The Labute approximate surface area is 209 Å². The highest BCUT2D eigenvalue weighted by atomic mass is 19.1. The standard InChI is InChI=1S/C28H28FNO6/c1-32-19-24(28(31)34-3)23-12-8-7-11-22(23)18-35-27-25(29)15-21(16-26(27)33-2)17-30-36-14-13-20-9-5-4-6-10-20/h4-12,15-17,19H,13-14,18H2,1-3H3/b24-19+,30-17+. The number of benzene rings is 3. The summed E-state index contributed by atoms with van der Waals surface area (Å²) in [5, 5.41) is 3.92. The summed E-state index contributed by atoms with van der Waals surface area (Å²) >= 11 is 0. The second-order valence-corrected chi connectivity index (χ2v) is 7.54. The van der Waals surface area contributed by atoms with Crippen molar-refractivity contribution in [2.45, 2.75) is 13.0 Å². The number of hydrogen-bond donors (Lipinski definition) is 0. The molecule has 0 saturated carbocycles. The zero-order chi connectivity index (χ0) is 25.8. The van der Waals surface area contributed by atoms with Crippen molar-refractivity contribution in [3.8, 4) is 11.5 Å². The molecule has 0 unspecified atom stereocenters. The van der Waals surface area contributed by atoms with Gasteiger partial charge in [-0.05, 0) is 28.8 Å². The Balaban J connectivity index is 1.70. The van der Waals surface area contributed by atoms with Gasteiger partial charge in [-0.15, -0.1) is 0 Å². The fourth-order valence-electron chi connectivity index (χ4n) is 3.42. The number of halogens is 1. The molecule has 0 fully saturated rings. The van der Waals surface area contributed by atoms with E-state index in [1.165, 1.54) is 39.9 Å². The van der Waals surface area contributed by atoms with Gasteiger partial charge in [-0.3, -0.25) is 0 Å². The molecule has 36 heavy (non-hydrogen) atoms. The molecule has 0 aliphatic carbocycles. The van der Waals surface area contributed by atoms with Crippen LogP contribution in [-0.4, -0.2) is 40.1 Å². The first-order valence-electron chi connectivity index (χ1n) is 11.2. The predicted molar refractivity (Wildman–Crippen MR) is 134 cm³/mol. The summed E-state index contributed by atoms with van der Waals surface area (Å²) in [6, 6.07) is 19.8. The maximum absolute atomic E-state index is 14.9. The summed E-state index contributed by atoms with van der Waals surface area (Å²) in [4.78, 5) is 17.5. The predicted octanol–water partition coefficient (Wildman–Crippen LogP) is 5.17. The Morgan fingerprint density at radius 2 is 1.75 bits per heavy atom. The lowest BCUT2D eigenvalue weighted by molar-refractivity contribution is -0.133. The molecule has 0 bridgehead atoms. The van der Waals surface area contributed by atoms with Crippen molar-refractivity contribution in [2.75, 3.05) is 27.9 Å². The van der Waals surface area contributed by atoms with Crippen molar-refractivity contribution in [3.63, 3.8) is 0 Å². The van der Waals surface area contributed by atoms with Crippen LogP contribution < -0.4 is 9.47 Å². The van der Waals surface area contributed by atoms with Gasteiger partial charge in [0.1, 0.15) is 18.8 Å². The number of ether oxygens (including phenoxy) is 4. The molecule has 3 rings (SSSR count). The first-order valence-corrected chi connectivity index (χ1v) is 11.2. The van der Waals surface area contributed by atoms with E-state index in [0.29, 0.717) is 29.7 Å². The molecule has 0 saturated heterocycles. The number of oxime groups is 1. The molecule has 0 heterocycles. The van der Waals surface area contributed by atoms with Crippen LogP contribution in [0, 0.1) is 5.82 Å². The van der Waals surface area contributed by atoms with Crippen LogP contribution in [0.5, 0.6) is 11.5 Å². The number of nitrogens with zero attached hydrogens (tertiary/aromatic N) is 1. The smallest absolute Gasteiger partial charge is 0.341 e. The van der Waals surface area contributed by atoms with Crippen molar-refractivity contribution in [3.05, 3.63) is 101 Å². The van der Waals surface area contributed by atoms with Crippen LogP contribution in [0.4, 0.5) is 4.39 Å². The van der Waals surface area contributed by atoms with Gasteiger partial charge >= 0.3 is 5.97 Å². The van der Waals surface area contributed by atoms with Crippen molar-refractivity contribution < 1.29 is 33.0 Å². The molecule has 0 aliphatic heterocycles. The third-order valence-corrected chi connectivity index (χ3v) is 5.17. The van der Waals surface area contributed by atoms with Gasteiger partial charge in [-0.1, -0.05) is 59.8 Å². The normalized spacial score (nSPS) is 11.3. The highest BCUT2D eigenvalue weighted by Crippen LogP contribution is 2.33. The third-order valence-electron chi connectivity index (χ3n) is 5.17. The zero-order valence-corrected chi connectivity index (χ0v) is 20.4. The summed E-state index contributed by atoms with van der Waals surface area (Å²) in [7, 11) is 4.13. The molecule has 0 N–H and O–H groups in total. The van der Waals surface area contributed by atoms with E-state index in [4.69, 9.17) is 23.8 Å². The molecular weight excluding hydrogens is 465 g/mol. The quantitative estimate of drug-likeness (QED) is 0.0866. The lowest BCUT2D eigenvalue weighted by Crippen LogP contribution is -2.09. The largest absolute Gasteiger partial charge is 0.503 e. The van der Waals surface area contributed by atoms with Crippen LogP contribution in [0.3, 0.4) is 0 Å². The molecule has 0 amide bonds. The second-order valence-electron chi connectivity index (χ2n) is 7.54. The number of hydrogen-bond acceptors (Lipinski definition) is 7. The van der Waals surface area contributed by atoms with Crippen LogP contribution in [0.2, 0.25) is 0 Å². The van der Waals surface area contributed by atoms with Gasteiger partial charge in [0.05, 0.1) is 33.8 Å². The van der Waals surface area contributed by atoms with Crippen molar-refractivity contribution in [1.82, 2.24) is 0 Å².